The number of aliphatic carboxylic acids is 1. The highest BCUT2D eigenvalue weighted by Gasteiger charge is 2.23. The van der Waals surface area contributed by atoms with Crippen LogP contribution in [0.3, 0.4) is 0 Å². The maximum atomic E-state index is 11.5. The van der Waals surface area contributed by atoms with Gasteiger partial charge in [-0.15, -0.1) is 0 Å². The van der Waals surface area contributed by atoms with Gasteiger partial charge >= 0.3 is 5.97 Å². The lowest BCUT2D eigenvalue weighted by Crippen LogP contribution is -2.11. The van der Waals surface area contributed by atoms with E-state index in [0.29, 0.717) is 16.8 Å². The van der Waals surface area contributed by atoms with Crippen LogP contribution in [0.1, 0.15) is 5.56 Å². The summed E-state index contributed by atoms with van der Waals surface area (Å²) >= 11 is 0. The van der Waals surface area contributed by atoms with Gasteiger partial charge in [0, 0.05) is 10.8 Å². The number of carboxylic acid groups (broad SMARTS) is 1. The highest BCUT2D eigenvalue weighted by Crippen LogP contribution is 2.36. The fourth-order valence-corrected chi connectivity index (χ4v) is 2.72. The van der Waals surface area contributed by atoms with Crippen molar-refractivity contribution in [3.8, 4) is 5.75 Å². The SMILES string of the molecule is O=C(O)C1=CCOc2ccc3cc4ccccc4nc3c21. The van der Waals surface area contributed by atoms with Gasteiger partial charge in [-0.25, -0.2) is 9.78 Å². The van der Waals surface area contributed by atoms with E-state index in [1.54, 1.807) is 6.08 Å². The van der Waals surface area contributed by atoms with Crippen LogP contribution in [0.5, 0.6) is 5.75 Å². The average molecular weight is 277 g/mol. The minimum atomic E-state index is -0.956. The van der Waals surface area contributed by atoms with Crippen LogP contribution in [0.2, 0.25) is 0 Å². The number of aromatic nitrogens is 1. The van der Waals surface area contributed by atoms with Crippen molar-refractivity contribution >= 4 is 33.3 Å². The van der Waals surface area contributed by atoms with Gasteiger partial charge in [-0.2, -0.15) is 0 Å². The predicted octanol–water partition coefficient (Wildman–Crippen LogP) is 3.25. The molecule has 1 aliphatic heterocycles. The molecule has 4 heteroatoms. The van der Waals surface area contributed by atoms with Crippen LogP contribution in [-0.2, 0) is 4.79 Å². The van der Waals surface area contributed by atoms with E-state index in [1.165, 1.54) is 0 Å². The second kappa shape index (κ2) is 4.31. The molecular formula is C17H11NO3. The molecular weight excluding hydrogens is 266 g/mol. The Labute approximate surface area is 120 Å². The van der Waals surface area contributed by atoms with Gasteiger partial charge in [0.05, 0.1) is 22.2 Å². The maximum Gasteiger partial charge on any atom is 0.336 e. The third kappa shape index (κ3) is 1.76. The lowest BCUT2D eigenvalue weighted by molar-refractivity contribution is -0.130. The molecule has 0 saturated carbocycles. The third-order valence-electron chi connectivity index (χ3n) is 3.68. The van der Waals surface area contributed by atoms with Crippen LogP contribution in [0.15, 0.2) is 48.5 Å². The molecule has 1 aromatic heterocycles. The summed E-state index contributed by atoms with van der Waals surface area (Å²) < 4.78 is 5.54. The van der Waals surface area contributed by atoms with Crippen molar-refractivity contribution < 1.29 is 14.6 Å². The van der Waals surface area contributed by atoms with E-state index in [9.17, 15) is 9.90 Å². The second-order valence-electron chi connectivity index (χ2n) is 4.93. The monoisotopic (exact) mass is 277 g/mol. The van der Waals surface area contributed by atoms with Crippen molar-refractivity contribution in [2.45, 2.75) is 0 Å². The number of hydrogen-bond donors (Lipinski definition) is 1. The van der Waals surface area contributed by atoms with Gasteiger partial charge in [-0.05, 0) is 30.3 Å². The molecule has 0 saturated heterocycles. The number of hydrogen-bond acceptors (Lipinski definition) is 3. The van der Waals surface area contributed by atoms with Crippen molar-refractivity contribution in [3.63, 3.8) is 0 Å². The van der Waals surface area contributed by atoms with Crippen molar-refractivity contribution in [2.24, 2.45) is 0 Å². The van der Waals surface area contributed by atoms with Gasteiger partial charge in [0.15, 0.2) is 0 Å². The van der Waals surface area contributed by atoms with Crippen LogP contribution in [-0.4, -0.2) is 22.7 Å². The van der Waals surface area contributed by atoms with Gasteiger partial charge < -0.3 is 9.84 Å². The minimum absolute atomic E-state index is 0.254. The fraction of sp³-hybridized carbons (Fsp3) is 0.0588. The average Bonchev–Trinajstić information content (AvgIpc) is 2.52. The van der Waals surface area contributed by atoms with Crippen molar-refractivity contribution in [1.29, 1.82) is 0 Å². The van der Waals surface area contributed by atoms with E-state index >= 15 is 0 Å². The summed E-state index contributed by atoms with van der Waals surface area (Å²) in [5.74, 6) is -0.382. The zero-order chi connectivity index (χ0) is 14.4. The molecule has 0 bridgehead atoms. The zero-order valence-electron chi connectivity index (χ0n) is 11.0. The molecule has 0 fully saturated rings. The zero-order valence-corrected chi connectivity index (χ0v) is 11.0. The van der Waals surface area contributed by atoms with E-state index in [2.05, 4.69) is 4.98 Å². The Balaban J connectivity index is 2.13. The highest BCUT2D eigenvalue weighted by atomic mass is 16.5. The van der Waals surface area contributed by atoms with Crippen LogP contribution >= 0.6 is 0 Å². The molecule has 21 heavy (non-hydrogen) atoms. The van der Waals surface area contributed by atoms with Crippen LogP contribution in [0, 0.1) is 0 Å². The minimum Gasteiger partial charge on any atom is -0.489 e. The number of pyridine rings is 1. The van der Waals surface area contributed by atoms with E-state index < -0.39 is 5.97 Å². The Kier molecular flexibility index (Phi) is 2.44. The number of fused-ring (bicyclic) bond motifs is 4. The molecule has 0 atom stereocenters. The Hall–Kier alpha value is -2.88. The number of para-hydroxylation sites is 1. The van der Waals surface area contributed by atoms with Gasteiger partial charge in [-0.3, -0.25) is 0 Å². The smallest absolute Gasteiger partial charge is 0.336 e. The standard InChI is InChI=1S/C17H11NO3/c19-17(20)12-7-8-21-14-6-5-11-9-10-3-1-2-4-13(10)18-16(11)15(12)14/h1-7,9H,8H2,(H,19,20). The molecule has 0 unspecified atom stereocenters. The maximum absolute atomic E-state index is 11.5. The van der Waals surface area contributed by atoms with Crippen molar-refractivity contribution in [1.82, 2.24) is 4.98 Å². The van der Waals surface area contributed by atoms with Gasteiger partial charge in [0.2, 0.25) is 0 Å². The number of ether oxygens (including phenoxy) is 1. The summed E-state index contributed by atoms with van der Waals surface area (Å²) in [7, 11) is 0. The fourth-order valence-electron chi connectivity index (χ4n) is 2.72. The number of nitrogens with zero attached hydrogens (tertiary/aromatic N) is 1. The van der Waals surface area contributed by atoms with E-state index in [0.717, 1.165) is 16.3 Å². The molecule has 0 spiro atoms. The van der Waals surface area contributed by atoms with Crippen LogP contribution in [0.25, 0.3) is 27.4 Å². The number of carbonyl (C=O) groups is 1. The first-order chi connectivity index (χ1) is 10.2. The van der Waals surface area contributed by atoms with E-state index in [4.69, 9.17) is 4.74 Å². The first kappa shape index (κ1) is 11.9. The van der Waals surface area contributed by atoms with Crippen LogP contribution < -0.4 is 4.74 Å². The second-order valence-corrected chi connectivity index (χ2v) is 4.93. The summed E-state index contributed by atoms with van der Waals surface area (Å²) in [5.41, 5.74) is 2.33. The van der Waals surface area contributed by atoms with E-state index in [-0.39, 0.29) is 12.2 Å². The Morgan fingerprint density at radius 2 is 2.00 bits per heavy atom. The molecule has 0 aliphatic carbocycles. The summed E-state index contributed by atoms with van der Waals surface area (Å²) in [6.07, 6.45) is 1.58. The van der Waals surface area contributed by atoms with Crippen molar-refractivity contribution in [3.05, 3.63) is 54.1 Å². The first-order valence-electron chi connectivity index (χ1n) is 6.63. The molecule has 4 rings (SSSR count). The number of carboxylic acids is 1. The van der Waals surface area contributed by atoms with Crippen LogP contribution in [0.4, 0.5) is 0 Å². The largest absolute Gasteiger partial charge is 0.489 e. The summed E-state index contributed by atoms with van der Waals surface area (Å²) in [6, 6.07) is 13.5. The quantitative estimate of drug-likeness (QED) is 0.694. The molecule has 2 aromatic carbocycles. The molecule has 3 aromatic rings. The van der Waals surface area contributed by atoms with Gasteiger partial charge in [0.1, 0.15) is 12.4 Å². The lowest BCUT2D eigenvalue weighted by atomic mass is 9.98. The summed E-state index contributed by atoms with van der Waals surface area (Å²) in [4.78, 5) is 16.1. The number of benzene rings is 2. The first-order valence-corrected chi connectivity index (χ1v) is 6.63. The molecule has 0 amide bonds. The van der Waals surface area contributed by atoms with Gasteiger partial charge in [-0.1, -0.05) is 18.2 Å². The normalized spacial score (nSPS) is 13.6. The molecule has 4 nitrogen and oxygen atoms in total. The summed E-state index contributed by atoms with van der Waals surface area (Å²) in [5, 5.41) is 11.3. The van der Waals surface area contributed by atoms with Crippen molar-refractivity contribution in [2.75, 3.05) is 6.61 Å². The molecule has 2 heterocycles. The number of rotatable bonds is 1. The lowest BCUT2D eigenvalue weighted by Gasteiger charge is -2.18. The Morgan fingerprint density at radius 3 is 2.86 bits per heavy atom. The Bertz CT molecular complexity index is 928. The Morgan fingerprint density at radius 1 is 1.14 bits per heavy atom. The molecule has 1 aliphatic rings. The molecule has 0 radical (unpaired) electrons. The summed E-state index contributed by atoms with van der Waals surface area (Å²) in [6.45, 7) is 0.272. The predicted molar refractivity (Wildman–Crippen MR) is 80.4 cm³/mol. The highest BCUT2D eigenvalue weighted by molar-refractivity contribution is 6.20. The third-order valence-corrected chi connectivity index (χ3v) is 3.68. The molecule has 102 valence electrons. The topological polar surface area (TPSA) is 59.4 Å². The molecule has 1 N–H and O–H groups in total. The van der Waals surface area contributed by atoms with E-state index in [1.807, 2.05) is 42.5 Å². The van der Waals surface area contributed by atoms with Gasteiger partial charge in [0.25, 0.3) is 0 Å².